The predicted molar refractivity (Wildman–Crippen MR) is 171 cm³/mol. The van der Waals surface area contributed by atoms with Crippen LogP contribution in [-0.2, 0) is 17.4 Å². The molecule has 0 saturated carbocycles. The second-order valence-corrected chi connectivity index (χ2v) is 11.3. The van der Waals surface area contributed by atoms with E-state index in [0.29, 0.717) is 11.3 Å². The highest BCUT2D eigenvalue weighted by Crippen LogP contribution is 2.53. The third kappa shape index (κ3) is 4.48. The Balaban J connectivity index is 1.65. The maximum atomic E-state index is 13.7. The van der Waals surface area contributed by atoms with Gasteiger partial charge >= 0.3 is 5.97 Å². The third-order valence-corrected chi connectivity index (χ3v) is 8.63. The average Bonchev–Trinajstić information content (AvgIpc) is 3.49. The summed E-state index contributed by atoms with van der Waals surface area (Å²) >= 11 is 0. The number of fused-ring (bicyclic) bond motifs is 2. The van der Waals surface area contributed by atoms with Crippen molar-refractivity contribution in [3.05, 3.63) is 119 Å². The van der Waals surface area contributed by atoms with Gasteiger partial charge in [-0.15, -0.1) is 0 Å². The van der Waals surface area contributed by atoms with Gasteiger partial charge in [0.2, 0.25) is 5.60 Å². The lowest BCUT2D eigenvalue weighted by Gasteiger charge is -2.33. The molecule has 5 aromatic rings. The molecule has 1 aliphatic heterocycles. The van der Waals surface area contributed by atoms with Crippen LogP contribution in [0.3, 0.4) is 0 Å². The number of aryl methyl sites for hydroxylation is 2. The first-order valence-electron chi connectivity index (χ1n) is 15.2. The van der Waals surface area contributed by atoms with Crippen LogP contribution >= 0.6 is 0 Å². The number of hydrogen-bond donors (Lipinski definition) is 0. The number of hydrogen-bond acceptors (Lipinski definition) is 4. The molecular weight excluding hydrogens is 518 g/mol. The van der Waals surface area contributed by atoms with E-state index in [1.165, 1.54) is 5.69 Å². The fourth-order valence-corrected chi connectivity index (χ4v) is 6.57. The minimum atomic E-state index is -1.21. The zero-order valence-corrected chi connectivity index (χ0v) is 25.1. The number of unbranched alkanes of at least 4 members (excludes halogenated alkanes) is 2. The van der Waals surface area contributed by atoms with Gasteiger partial charge in [-0.3, -0.25) is 4.98 Å². The molecular formula is C37H39N3O2. The Bertz CT molecular complexity index is 1730. The number of anilines is 1. The van der Waals surface area contributed by atoms with E-state index in [9.17, 15) is 4.79 Å². The van der Waals surface area contributed by atoms with Gasteiger partial charge in [0.1, 0.15) is 5.69 Å². The molecule has 3 heterocycles. The maximum absolute atomic E-state index is 13.7. The van der Waals surface area contributed by atoms with Crippen LogP contribution < -0.4 is 4.90 Å². The first kappa shape index (κ1) is 27.8. The molecule has 0 N–H and O–H groups in total. The first-order chi connectivity index (χ1) is 20.5. The Morgan fingerprint density at radius 3 is 2.31 bits per heavy atom. The summed E-state index contributed by atoms with van der Waals surface area (Å²) in [6, 6.07) is 29.0. The number of carbonyl (C=O) groups excluding carboxylic acids is 1. The number of rotatable bonds is 10. The fraction of sp³-hybridized carbons (Fsp3) is 0.297. The Labute approximate surface area is 248 Å². The van der Waals surface area contributed by atoms with Crippen molar-refractivity contribution in [2.75, 3.05) is 18.0 Å². The molecule has 1 aliphatic rings. The van der Waals surface area contributed by atoms with Gasteiger partial charge in [-0.25, -0.2) is 4.79 Å². The summed E-state index contributed by atoms with van der Waals surface area (Å²) in [4.78, 5) is 21.0. The van der Waals surface area contributed by atoms with Crippen molar-refractivity contribution >= 4 is 22.6 Å². The molecule has 2 aromatic heterocycles. The summed E-state index contributed by atoms with van der Waals surface area (Å²) in [5.74, 6) is -0.346. The summed E-state index contributed by atoms with van der Waals surface area (Å²) in [5.41, 5.74) is 7.27. The topological polar surface area (TPSA) is 47.4 Å². The number of pyridine rings is 1. The van der Waals surface area contributed by atoms with Crippen LogP contribution in [0.25, 0.3) is 22.2 Å². The molecule has 214 valence electrons. The quantitative estimate of drug-likeness (QED) is 0.162. The largest absolute Gasteiger partial charge is 0.439 e. The molecule has 0 bridgehead atoms. The molecule has 0 radical (unpaired) electrons. The molecule has 5 nitrogen and oxygen atoms in total. The Hall–Kier alpha value is -4.38. The van der Waals surface area contributed by atoms with Crippen LogP contribution in [0, 0.1) is 6.92 Å². The second kappa shape index (κ2) is 11.5. The molecule has 1 unspecified atom stereocenters. The third-order valence-electron chi connectivity index (χ3n) is 8.63. The second-order valence-electron chi connectivity index (χ2n) is 11.3. The van der Waals surface area contributed by atoms with E-state index >= 15 is 0 Å². The molecule has 42 heavy (non-hydrogen) atoms. The molecule has 1 atom stereocenters. The highest BCUT2D eigenvalue weighted by atomic mass is 16.6. The van der Waals surface area contributed by atoms with E-state index in [0.717, 1.165) is 77.6 Å². The van der Waals surface area contributed by atoms with Crippen LogP contribution in [0.5, 0.6) is 0 Å². The highest BCUT2D eigenvalue weighted by Gasteiger charge is 2.53. The molecule has 0 saturated heterocycles. The normalized spacial score (nSPS) is 16.0. The van der Waals surface area contributed by atoms with Crippen LogP contribution in [0.1, 0.15) is 72.3 Å². The molecule has 0 fully saturated rings. The van der Waals surface area contributed by atoms with Gasteiger partial charge in [-0.2, -0.15) is 0 Å². The lowest BCUT2D eigenvalue weighted by Crippen LogP contribution is -2.32. The van der Waals surface area contributed by atoms with E-state index in [2.05, 4.69) is 104 Å². The average molecular weight is 558 g/mol. The van der Waals surface area contributed by atoms with Crippen LogP contribution in [0.2, 0.25) is 0 Å². The summed E-state index contributed by atoms with van der Waals surface area (Å²) in [6.07, 6.45) is 6.39. The lowest BCUT2D eigenvalue weighted by molar-refractivity contribution is 0.0247. The van der Waals surface area contributed by atoms with Crippen molar-refractivity contribution in [3.63, 3.8) is 0 Å². The summed E-state index contributed by atoms with van der Waals surface area (Å²) in [6.45, 7) is 8.68. The number of benzene rings is 3. The fourth-order valence-electron chi connectivity index (χ4n) is 6.57. The number of aromatic nitrogens is 2. The molecule has 6 rings (SSSR count). The number of carbonyl (C=O) groups is 1. The van der Waals surface area contributed by atoms with Gasteiger partial charge in [-0.05, 0) is 61.2 Å². The van der Waals surface area contributed by atoms with Crippen molar-refractivity contribution in [3.8, 4) is 11.3 Å². The molecule has 0 spiro atoms. The van der Waals surface area contributed by atoms with E-state index in [1.54, 1.807) is 6.20 Å². The van der Waals surface area contributed by atoms with Crippen molar-refractivity contribution in [2.24, 2.45) is 7.05 Å². The first-order valence-corrected chi connectivity index (χ1v) is 15.2. The Morgan fingerprint density at radius 1 is 0.881 bits per heavy atom. The summed E-state index contributed by atoms with van der Waals surface area (Å²) in [7, 11) is 2.09. The number of para-hydroxylation sites is 1. The smallest absolute Gasteiger partial charge is 0.341 e. The predicted octanol–water partition coefficient (Wildman–Crippen LogP) is 8.42. The van der Waals surface area contributed by atoms with E-state index in [4.69, 9.17) is 9.72 Å². The van der Waals surface area contributed by atoms with Crippen LogP contribution in [0.15, 0.2) is 91.1 Å². The van der Waals surface area contributed by atoms with E-state index in [-0.39, 0.29) is 5.97 Å². The molecule has 0 amide bonds. The van der Waals surface area contributed by atoms with Crippen molar-refractivity contribution in [1.82, 2.24) is 9.55 Å². The number of cyclic esters (lactones) is 1. The SMILES string of the molecule is CCCCN(CCCC)c1ccc(C2(c3c(-c4ccccc4)n(C)c4ccccc34)OC(=O)c3cccnc32)c(C)c1. The van der Waals surface area contributed by atoms with E-state index < -0.39 is 5.60 Å². The van der Waals surface area contributed by atoms with Gasteiger partial charge in [-0.1, -0.05) is 81.3 Å². The number of esters is 1. The Kier molecular flexibility index (Phi) is 7.59. The number of ether oxygens (including phenoxy) is 1. The highest BCUT2D eigenvalue weighted by molar-refractivity contribution is 6.00. The van der Waals surface area contributed by atoms with Gasteiger partial charge in [0, 0.05) is 54.1 Å². The monoisotopic (exact) mass is 557 g/mol. The maximum Gasteiger partial charge on any atom is 0.341 e. The van der Waals surface area contributed by atoms with Gasteiger partial charge < -0.3 is 14.2 Å². The zero-order valence-electron chi connectivity index (χ0n) is 25.1. The summed E-state index contributed by atoms with van der Waals surface area (Å²) in [5, 5.41) is 1.04. The minimum Gasteiger partial charge on any atom is -0.439 e. The van der Waals surface area contributed by atoms with Crippen molar-refractivity contribution in [1.29, 1.82) is 0 Å². The van der Waals surface area contributed by atoms with Crippen LogP contribution in [0.4, 0.5) is 5.69 Å². The zero-order chi connectivity index (χ0) is 29.3. The Morgan fingerprint density at radius 2 is 1.60 bits per heavy atom. The van der Waals surface area contributed by atoms with Crippen molar-refractivity contribution in [2.45, 2.75) is 52.1 Å². The molecule has 3 aromatic carbocycles. The standard InChI is InChI=1S/C37H39N3O2/c1-5-7-23-40(24-8-6-2)28-20-21-31(26(3)25-28)37(35-30(36(41)42-37)18-14-22-38-35)33-29-17-12-13-19-32(29)39(4)34(33)27-15-10-9-11-16-27/h9-22,25H,5-8,23-24H2,1-4H3. The number of nitrogens with zero attached hydrogens (tertiary/aromatic N) is 3. The summed E-state index contributed by atoms with van der Waals surface area (Å²) < 4.78 is 8.88. The van der Waals surface area contributed by atoms with Crippen molar-refractivity contribution < 1.29 is 9.53 Å². The molecule has 0 aliphatic carbocycles. The van der Waals surface area contributed by atoms with Crippen LogP contribution in [-0.4, -0.2) is 28.6 Å². The van der Waals surface area contributed by atoms with E-state index in [1.807, 2.05) is 18.2 Å². The van der Waals surface area contributed by atoms with Gasteiger partial charge in [0.15, 0.2) is 0 Å². The van der Waals surface area contributed by atoms with Gasteiger partial charge in [0.05, 0.1) is 11.3 Å². The van der Waals surface area contributed by atoms with Gasteiger partial charge in [0.25, 0.3) is 0 Å². The molecule has 5 heteroatoms. The lowest BCUT2D eigenvalue weighted by atomic mass is 9.78. The minimum absolute atomic E-state index is 0.346.